The normalized spacial score (nSPS) is 31.7. The topological polar surface area (TPSA) is 76.0 Å². The molecule has 34 heavy (non-hydrogen) atoms. The third-order valence-electron chi connectivity index (χ3n) is 9.68. The maximum atomic E-state index is 13.2. The van der Waals surface area contributed by atoms with Crippen LogP contribution in [0.1, 0.15) is 86.6 Å². The third kappa shape index (κ3) is 3.40. The molecule has 2 heterocycles. The number of nitrogens with one attached hydrogen (secondary N) is 2. The number of aryl methyl sites for hydroxylation is 1. The molecule has 180 valence electrons. The van der Waals surface area contributed by atoms with Crippen molar-refractivity contribution < 1.29 is 9.59 Å². The van der Waals surface area contributed by atoms with Crippen molar-refractivity contribution in [3.05, 3.63) is 47.5 Å². The first kappa shape index (κ1) is 21.9. The van der Waals surface area contributed by atoms with Gasteiger partial charge in [-0.15, -0.1) is 0 Å². The SMILES string of the molecule is Cc1ccc(C(C)NC(=O)c2cc(NC(=O)CC3(C)C4CC[C@@H]5CCC453)cn2CC2CC2)cn1. The molecule has 5 atom stereocenters. The highest BCUT2D eigenvalue weighted by Gasteiger charge is 2.81. The standard InChI is InChI=1S/C28H36N4O2/c1-17-4-7-20(14-29-17)18(2)30-26(34)23-12-22(16-32(23)15-19-5-6-19)31-25(33)13-27(3)24-9-8-21-10-11-28(21,24)27/h4,7,12,14,16,18-19,21,24H,5-6,8-11,13,15H2,1-3H3,(H,30,34)(H,31,33)/t18?,21-,24?,27?,28?/m1/s1. The predicted octanol–water partition coefficient (Wildman–Crippen LogP) is 5.25. The summed E-state index contributed by atoms with van der Waals surface area (Å²) in [5.74, 6) is 2.19. The lowest BCUT2D eigenvalue weighted by Gasteiger charge is -2.39. The molecule has 4 unspecified atom stereocenters. The van der Waals surface area contributed by atoms with Crippen molar-refractivity contribution >= 4 is 17.5 Å². The van der Waals surface area contributed by atoms with Crippen LogP contribution in [0.2, 0.25) is 0 Å². The van der Waals surface area contributed by atoms with Crippen LogP contribution in [0, 0.1) is 35.5 Å². The van der Waals surface area contributed by atoms with Crippen molar-refractivity contribution in [1.29, 1.82) is 0 Å². The van der Waals surface area contributed by atoms with Crippen LogP contribution in [-0.4, -0.2) is 21.4 Å². The van der Waals surface area contributed by atoms with Gasteiger partial charge in [0.05, 0.1) is 11.7 Å². The van der Waals surface area contributed by atoms with Crippen molar-refractivity contribution in [1.82, 2.24) is 14.9 Å². The van der Waals surface area contributed by atoms with Crippen molar-refractivity contribution in [2.45, 2.75) is 78.3 Å². The quantitative estimate of drug-likeness (QED) is 0.565. The predicted molar refractivity (Wildman–Crippen MR) is 131 cm³/mol. The van der Waals surface area contributed by atoms with Crippen LogP contribution in [0.5, 0.6) is 0 Å². The summed E-state index contributed by atoms with van der Waals surface area (Å²) in [5, 5.41) is 6.25. The highest BCUT2D eigenvalue weighted by Crippen LogP contribution is 2.87. The monoisotopic (exact) mass is 460 g/mol. The van der Waals surface area contributed by atoms with E-state index in [1.807, 2.05) is 49.0 Å². The van der Waals surface area contributed by atoms with Gasteiger partial charge < -0.3 is 15.2 Å². The van der Waals surface area contributed by atoms with Crippen LogP contribution in [0.4, 0.5) is 5.69 Å². The Morgan fingerprint density at radius 3 is 2.68 bits per heavy atom. The minimum absolute atomic E-state index is 0.0894. The number of carbonyl (C=O) groups is 2. The van der Waals surface area contributed by atoms with E-state index in [1.165, 1.54) is 38.5 Å². The number of hydrogen-bond donors (Lipinski definition) is 2. The zero-order valence-corrected chi connectivity index (χ0v) is 20.6. The fraction of sp³-hybridized carbons (Fsp3) is 0.607. The number of anilines is 1. The van der Waals surface area contributed by atoms with Gasteiger partial charge in [0.1, 0.15) is 5.69 Å². The molecule has 1 spiro atoms. The number of pyridine rings is 1. The maximum absolute atomic E-state index is 13.2. The largest absolute Gasteiger partial charge is 0.344 e. The van der Waals surface area contributed by atoms with E-state index in [0.29, 0.717) is 23.4 Å². The van der Waals surface area contributed by atoms with Gasteiger partial charge in [0.25, 0.3) is 5.91 Å². The first-order chi connectivity index (χ1) is 16.3. The molecule has 2 amide bonds. The van der Waals surface area contributed by atoms with Gasteiger partial charge in [0.2, 0.25) is 5.91 Å². The fourth-order valence-corrected chi connectivity index (χ4v) is 7.53. The molecule has 4 aliphatic carbocycles. The molecular weight excluding hydrogens is 424 g/mol. The fourth-order valence-electron chi connectivity index (χ4n) is 7.53. The van der Waals surface area contributed by atoms with E-state index < -0.39 is 0 Å². The number of amides is 2. The Balaban J connectivity index is 1.14. The summed E-state index contributed by atoms with van der Waals surface area (Å²) in [5.41, 5.74) is 3.92. The van der Waals surface area contributed by atoms with Crippen molar-refractivity contribution in [3.63, 3.8) is 0 Å². The van der Waals surface area contributed by atoms with Gasteiger partial charge in [-0.05, 0) is 98.7 Å². The molecular formula is C28H36N4O2. The van der Waals surface area contributed by atoms with Gasteiger partial charge in [0, 0.05) is 31.1 Å². The molecule has 4 aliphatic rings. The van der Waals surface area contributed by atoms with E-state index in [9.17, 15) is 9.59 Å². The highest BCUT2D eigenvalue weighted by atomic mass is 16.2. The number of nitrogens with zero attached hydrogens (tertiary/aromatic N) is 2. The summed E-state index contributed by atoms with van der Waals surface area (Å²) in [6.07, 6.45) is 12.1. The summed E-state index contributed by atoms with van der Waals surface area (Å²) in [6, 6.07) is 5.66. The Bertz CT molecular complexity index is 1130. The average Bonchev–Trinajstić information content (AvgIpc) is 3.59. The van der Waals surface area contributed by atoms with Gasteiger partial charge in [-0.2, -0.15) is 0 Å². The minimum atomic E-state index is -0.146. The van der Waals surface area contributed by atoms with E-state index in [1.54, 1.807) is 0 Å². The summed E-state index contributed by atoms with van der Waals surface area (Å²) >= 11 is 0. The molecule has 0 bridgehead atoms. The Morgan fingerprint density at radius 2 is 2.03 bits per heavy atom. The molecule has 2 aromatic heterocycles. The van der Waals surface area contributed by atoms with Gasteiger partial charge >= 0.3 is 0 Å². The molecule has 4 saturated carbocycles. The molecule has 0 radical (unpaired) electrons. The lowest BCUT2D eigenvalue weighted by Crippen LogP contribution is -2.32. The molecule has 2 N–H and O–H groups in total. The Kier molecular flexibility index (Phi) is 4.95. The number of aromatic nitrogens is 2. The third-order valence-corrected chi connectivity index (χ3v) is 9.68. The van der Waals surface area contributed by atoms with Crippen molar-refractivity contribution in [2.75, 3.05) is 5.32 Å². The Morgan fingerprint density at radius 1 is 1.21 bits per heavy atom. The molecule has 6 heteroatoms. The lowest BCUT2D eigenvalue weighted by atomic mass is 9.65. The van der Waals surface area contributed by atoms with Crippen molar-refractivity contribution in [2.24, 2.45) is 28.6 Å². The van der Waals surface area contributed by atoms with Gasteiger partial charge in [-0.3, -0.25) is 14.6 Å². The second-order valence-electron chi connectivity index (χ2n) is 11.7. The van der Waals surface area contributed by atoms with Crippen LogP contribution in [-0.2, 0) is 11.3 Å². The van der Waals surface area contributed by atoms with Crippen molar-refractivity contribution in [3.8, 4) is 0 Å². The minimum Gasteiger partial charge on any atom is -0.344 e. The van der Waals surface area contributed by atoms with E-state index in [2.05, 4.69) is 22.5 Å². The molecule has 6 nitrogen and oxygen atoms in total. The second-order valence-corrected chi connectivity index (χ2v) is 11.7. The number of carbonyl (C=O) groups excluding carboxylic acids is 2. The van der Waals surface area contributed by atoms with E-state index >= 15 is 0 Å². The van der Waals surface area contributed by atoms with E-state index in [4.69, 9.17) is 0 Å². The van der Waals surface area contributed by atoms with E-state index in [0.717, 1.165) is 35.3 Å². The van der Waals surface area contributed by atoms with Crippen LogP contribution >= 0.6 is 0 Å². The van der Waals surface area contributed by atoms with Gasteiger partial charge in [0.15, 0.2) is 0 Å². The first-order valence-electron chi connectivity index (χ1n) is 13.0. The maximum Gasteiger partial charge on any atom is 0.268 e. The smallest absolute Gasteiger partial charge is 0.268 e. The Hall–Kier alpha value is -2.63. The number of rotatable bonds is 8. The van der Waals surface area contributed by atoms with Crippen LogP contribution in [0.3, 0.4) is 0 Å². The molecule has 4 fully saturated rings. The lowest BCUT2D eigenvalue weighted by molar-refractivity contribution is -0.118. The summed E-state index contributed by atoms with van der Waals surface area (Å²) < 4.78 is 2.02. The first-order valence-corrected chi connectivity index (χ1v) is 13.0. The molecule has 0 aromatic carbocycles. The van der Waals surface area contributed by atoms with Crippen LogP contribution < -0.4 is 10.6 Å². The molecule has 0 saturated heterocycles. The molecule has 6 rings (SSSR count). The summed E-state index contributed by atoms with van der Waals surface area (Å²) in [6.45, 7) is 7.08. The van der Waals surface area contributed by atoms with Crippen LogP contribution in [0.15, 0.2) is 30.6 Å². The molecule has 2 aromatic rings. The zero-order chi connectivity index (χ0) is 23.7. The van der Waals surface area contributed by atoms with E-state index in [-0.39, 0.29) is 23.3 Å². The van der Waals surface area contributed by atoms with Crippen LogP contribution in [0.25, 0.3) is 0 Å². The highest BCUT2D eigenvalue weighted by molar-refractivity contribution is 5.97. The number of hydrogen-bond acceptors (Lipinski definition) is 3. The van der Waals surface area contributed by atoms with Gasteiger partial charge in [-0.25, -0.2) is 0 Å². The summed E-state index contributed by atoms with van der Waals surface area (Å²) in [7, 11) is 0. The molecule has 0 aliphatic heterocycles. The second kappa shape index (κ2) is 7.69. The average molecular weight is 461 g/mol. The Labute approximate surface area is 201 Å². The summed E-state index contributed by atoms with van der Waals surface area (Å²) in [4.78, 5) is 30.6. The zero-order valence-electron chi connectivity index (χ0n) is 20.6. The van der Waals surface area contributed by atoms with Gasteiger partial charge in [-0.1, -0.05) is 13.0 Å².